The second kappa shape index (κ2) is 5.02. The summed E-state index contributed by atoms with van der Waals surface area (Å²) < 4.78 is 2.49. The summed E-state index contributed by atoms with van der Waals surface area (Å²) in [7, 11) is 0. The zero-order valence-corrected chi connectivity index (χ0v) is 14.4. The molecule has 3 aromatic rings. The molecule has 0 nitrogen and oxygen atoms in total. The molecule has 0 fully saturated rings. The van der Waals surface area contributed by atoms with Crippen molar-refractivity contribution in [1.29, 1.82) is 0 Å². The molecule has 0 aliphatic heterocycles. The van der Waals surface area contributed by atoms with Crippen molar-refractivity contribution in [2.24, 2.45) is 0 Å². The molecule has 0 N–H and O–H groups in total. The van der Waals surface area contributed by atoms with E-state index in [0.717, 1.165) is 0 Å². The number of hydrogen-bond acceptors (Lipinski definition) is 3. The fraction of sp³-hybridized carbons (Fsp3) is 0. The fourth-order valence-corrected chi connectivity index (χ4v) is 5.59. The molecule has 17 heavy (non-hydrogen) atoms. The fourth-order valence-electron chi connectivity index (χ4n) is 1.51. The van der Waals surface area contributed by atoms with Gasteiger partial charge in [-0.25, -0.2) is 0 Å². The summed E-state index contributed by atoms with van der Waals surface area (Å²) in [4.78, 5) is 5.38. The average Bonchev–Trinajstić information content (AvgIpc) is 2.96. The zero-order chi connectivity index (χ0) is 11.8. The molecule has 84 valence electrons. The first-order chi connectivity index (χ1) is 8.22. The van der Waals surface area contributed by atoms with Crippen molar-refractivity contribution < 1.29 is 0 Å². The van der Waals surface area contributed by atoms with Gasteiger partial charge in [0.25, 0.3) is 0 Å². The van der Waals surface area contributed by atoms with Crippen molar-refractivity contribution in [3.63, 3.8) is 0 Å². The van der Waals surface area contributed by atoms with Gasteiger partial charge >= 0.3 is 129 Å². The minimum absolute atomic E-state index is 1.25. The number of thiophene rings is 3. The molecule has 0 spiro atoms. The molecular weight excluding hydrogens is 398 g/mol. The third-order valence-electron chi connectivity index (χ3n) is 2.25. The Balaban J connectivity index is 1.98. The number of hydrogen-bond donors (Lipinski definition) is 0. The monoisotopic (exact) mass is 406 g/mol. The molecule has 0 atom stereocenters. The number of rotatable bonds is 2. The topological polar surface area (TPSA) is 0 Å². The summed E-state index contributed by atoms with van der Waals surface area (Å²) in [6.45, 7) is 0. The summed E-state index contributed by atoms with van der Waals surface area (Å²) in [5.74, 6) is 0. The predicted molar refractivity (Wildman–Crippen MR) is 81.7 cm³/mol. The van der Waals surface area contributed by atoms with E-state index in [1.807, 2.05) is 11.3 Å². The third kappa shape index (κ3) is 2.61. The van der Waals surface area contributed by atoms with Gasteiger partial charge in [-0.1, -0.05) is 0 Å². The van der Waals surface area contributed by atoms with E-state index in [9.17, 15) is 0 Å². The molecule has 0 bridgehead atoms. The van der Waals surface area contributed by atoms with Crippen LogP contribution in [0, 0.1) is 0 Å². The van der Waals surface area contributed by atoms with Crippen LogP contribution in [0.2, 0.25) is 0 Å². The molecule has 5 heteroatoms. The first-order valence-corrected chi connectivity index (χ1v) is 9.03. The Kier molecular flexibility index (Phi) is 3.60. The molecule has 3 heterocycles. The van der Waals surface area contributed by atoms with Gasteiger partial charge in [0.05, 0.1) is 0 Å². The van der Waals surface area contributed by atoms with E-state index in [1.54, 1.807) is 22.7 Å². The molecule has 0 amide bonds. The van der Waals surface area contributed by atoms with Crippen LogP contribution in [0.15, 0.2) is 36.4 Å². The first-order valence-electron chi connectivity index (χ1n) is 4.87. The van der Waals surface area contributed by atoms with Crippen molar-refractivity contribution in [2.75, 3.05) is 0 Å². The van der Waals surface area contributed by atoms with Crippen LogP contribution in [0.4, 0.5) is 0 Å². The van der Waals surface area contributed by atoms with Crippen molar-refractivity contribution >= 4 is 73.6 Å². The Labute approximate surface area is 128 Å². The SMILES string of the molecule is [Se]c1ccc(-c2ccc(-c3ccc([Se])s3)s2)s1. The standard InChI is InChI=1S/C12H6S3Se2/c16-11-5-3-9(14-11)7-1-2-8(13-7)10-4-6-12(17)15-10/h1-6H. The van der Waals surface area contributed by atoms with E-state index >= 15 is 0 Å². The van der Waals surface area contributed by atoms with Gasteiger partial charge < -0.3 is 0 Å². The van der Waals surface area contributed by atoms with E-state index < -0.39 is 0 Å². The van der Waals surface area contributed by atoms with Crippen molar-refractivity contribution in [2.45, 2.75) is 0 Å². The van der Waals surface area contributed by atoms with Gasteiger partial charge in [-0.2, -0.15) is 0 Å². The zero-order valence-electron chi connectivity index (χ0n) is 8.51. The third-order valence-corrected chi connectivity index (χ3v) is 7.11. The molecule has 2 radical (unpaired) electrons. The average molecular weight is 404 g/mol. The summed E-state index contributed by atoms with van der Waals surface area (Å²) >= 11 is 11.6. The summed E-state index contributed by atoms with van der Waals surface area (Å²) in [5, 5.41) is 0. The Morgan fingerprint density at radius 2 is 0.882 bits per heavy atom. The Morgan fingerprint density at radius 1 is 0.529 bits per heavy atom. The van der Waals surface area contributed by atoms with E-state index in [-0.39, 0.29) is 0 Å². The van der Waals surface area contributed by atoms with E-state index in [0.29, 0.717) is 0 Å². The molecule has 0 aliphatic rings. The first kappa shape index (κ1) is 12.2. The van der Waals surface area contributed by atoms with E-state index in [1.165, 1.54) is 27.1 Å². The Hall–Kier alpha value is 0.139. The summed E-state index contributed by atoms with van der Waals surface area (Å²) in [5.41, 5.74) is 0. The molecule has 3 rings (SSSR count). The van der Waals surface area contributed by atoms with Crippen LogP contribution < -0.4 is 7.55 Å². The Morgan fingerprint density at radius 3 is 1.24 bits per heavy atom. The molecule has 0 unspecified atom stereocenters. The second-order valence-electron chi connectivity index (χ2n) is 3.40. The van der Waals surface area contributed by atoms with Gasteiger partial charge in [-0.05, 0) is 0 Å². The molecule has 0 aliphatic carbocycles. The molecular formula is C12H6S3Se2. The quantitative estimate of drug-likeness (QED) is 0.577. The molecule has 0 saturated heterocycles. The summed E-state index contributed by atoms with van der Waals surface area (Å²) in [6.07, 6.45) is 0. The van der Waals surface area contributed by atoms with Crippen molar-refractivity contribution in [3.05, 3.63) is 36.4 Å². The maximum atomic E-state index is 3.06. The minimum atomic E-state index is 1.25. The van der Waals surface area contributed by atoms with Crippen LogP contribution in [-0.4, -0.2) is 32.0 Å². The van der Waals surface area contributed by atoms with Gasteiger partial charge in [0.2, 0.25) is 0 Å². The molecule has 0 saturated carbocycles. The Bertz CT molecular complexity index is 593. The van der Waals surface area contributed by atoms with E-state index in [2.05, 4.69) is 68.4 Å². The summed E-state index contributed by atoms with van der Waals surface area (Å²) in [6, 6.07) is 13.0. The molecule has 3 aromatic heterocycles. The molecule has 0 aromatic carbocycles. The van der Waals surface area contributed by atoms with Gasteiger partial charge in [-0.15, -0.1) is 0 Å². The van der Waals surface area contributed by atoms with Crippen LogP contribution >= 0.6 is 34.0 Å². The van der Waals surface area contributed by atoms with Crippen LogP contribution in [0.5, 0.6) is 0 Å². The van der Waals surface area contributed by atoms with Crippen LogP contribution in [-0.2, 0) is 0 Å². The van der Waals surface area contributed by atoms with Gasteiger partial charge in [0, 0.05) is 0 Å². The normalized spacial score (nSPS) is 10.8. The van der Waals surface area contributed by atoms with E-state index in [4.69, 9.17) is 0 Å². The second-order valence-corrected chi connectivity index (χ2v) is 9.66. The van der Waals surface area contributed by atoms with Gasteiger partial charge in [-0.3, -0.25) is 0 Å². The van der Waals surface area contributed by atoms with Gasteiger partial charge in [0.1, 0.15) is 0 Å². The maximum absolute atomic E-state index is 3.06. The van der Waals surface area contributed by atoms with Gasteiger partial charge in [0.15, 0.2) is 0 Å². The van der Waals surface area contributed by atoms with Crippen molar-refractivity contribution in [3.8, 4) is 19.5 Å². The predicted octanol–water partition coefficient (Wildman–Crippen LogP) is 2.79. The van der Waals surface area contributed by atoms with Crippen molar-refractivity contribution in [1.82, 2.24) is 0 Å². The van der Waals surface area contributed by atoms with Crippen LogP contribution in [0.1, 0.15) is 0 Å². The van der Waals surface area contributed by atoms with Crippen LogP contribution in [0.25, 0.3) is 19.5 Å². The van der Waals surface area contributed by atoms with Crippen LogP contribution in [0.3, 0.4) is 0 Å².